The number of nitrogens with zero attached hydrogens (tertiary/aromatic N) is 4. The molecule has 0 unspecified atom stereocenters. The minimum Gasteiger partial charge on any atom is -0.491 e. The van der Waals surface area contributed by atoms with E-state index in [4.69, 9.17) is 31.6 Å². The molecule has 0 bridgehead atoms. The number of aliphatic hydroxyl groups excluding tert-OH is 1. The van der Waals surface area contributed by atoms with Crippen LogP contribution in [0.25, 0.3) is 22.6 Å². The number of rotatable bonds is 8. The highest BCUT2D eigenvalue weighted by Gasteiger charge is 2.21. The van der Waals surface area contributed by atoms with Crippen molar-refractivity contribution in [2.45, 2.75) is 10.8 Å². The number of anilines is 1. The molecular formula is C25H18ClN5O3S. The summed E-state index contributed by atoms with van der Waals surface area (Å²) in [6.45, 7) is 0.0596. The van der Waals surface area contributed by atoms with Crippen molar-refractivity contribution in [1.29, 1.82) is 10.5 Å². The van der Waals surface area contributed by atoms with Crippen molar-refractivity contribution in [3.63, 3.8) is 0 Å². The van der Waals surface area contributed by atoms with Crippen molar-refractivity contribution >= 4 is 29.2 Å². The van der Waals surface area contributed by atoms with Crippen LogP contribution in [0.15, 0.2) is 64.2 Å². The molecule has 174 valence electrons. The Kier molecular flexibility index (Phi) is 7.54. The van der Waals surface area contributed by atoms with E-state index < -0.39 is 0 Å². The van der Waals surface area contributed by atoms with Crippen LogP contribution in [0.3, 0.4) is 0 Å². The van der Waals surface area contributed by atoms with Gasteiger partial charge >= 0.3 is 0 Å². The minimum atomic E-state index is -0.104. The topological polar surface area (TPSA) is 142 Å². The average molecular weight is 504 g/mol. The van der Waals surface area contributed by atoms with Crippen LogP contribution in [-0.2, 0) is 5.75 Å². The number of aromatic nitrogens is 2. The molecule has 35 heavy (non-hydrogen) atoms. The Morgan fingerprint density at radius 2 is 1.69 bits per heavy atom. The molecule has 0 amide bonds. The van der Waals surface area contributed by atoms with Crippen molar-refractivity contribution in [2.24, 2.45) is 0 Å². The quantitative estimate of drug-likeness (QED) is 0.316. The summed E-state index contributed by atoms with van der Waals surface area (Å²) < 4.78 is 11.0. The number of thioether (sulfide) groups is 1. The molecule has 4 aromatic rings. The van der Waals surface area contributed by atoms with Crippen molar-refractivity contribution in [2.75, 3.05) is 18.9 Å². The van der Waals surface area contributed by atoms with Gasteiger partial charge in [0.2, 0.25) is 5.89 Å². The molecule has 0 radical (unpaired) electrons. The van der Waals surface area contributed by atoms with E-state index in [0.29, 0.717) is 44.3 Å². The number of pyridine rings is 1. The second kappa shape index (κ2) is 10.9. The lowest BCUT2D eigenvalue weighted by molar-refractivity contribution is 0.201. The van der Waals surface area contributed by atoms with Crippen LogP contribution in [-0.4, -0.2) is 28.3 Å². The Hall–Kier alpha value is -4.02. The van der Waals surface area contributed by atoms with Crippen LogP contribution in [0.4, 0.5) is 5.82 Å². The Morgan fingerprint density at radius 1 is 1.00 bits per heavy atom. The predicted octanol–water partition coefficient (Wildman–Crippen LogP) is 5.05. The third-order valence-corrected chi connectivity index (χ3v) is 6.18. The summed E-state index contributed by atoms with van der Waals surface area (Å²) in [5.41, 5.74) is 8.93. The highest BCUT2D eigenvalue weighted by Crippen LogP contribution is 2.37. The van der Waals surface area contributed by atoms with Crippen LogP contribution in [0.1, 0.15) is 16.8 Å². The third kappa shape index (κ3) is 5.39. The molecule has 8 nitrogen and oxygen atoms in total. The first-order valence-electron chi connectivity index (χ1n) is 10.3. The number of nitrogens with two attached hydrogens (primary N) is 1. The number of aliphatic hydroxyl groups is 1. The first-order chi connectivity index (χ1) is 17.0. The molecule has 3 N–H and O–H groups in total. The third-order valence-electron chi connectivity index (χ3n) is 4.92. The Bertz CT molecular complexity index is 1420. The monoisotopic (exact) mass is 503 g/mol. The van der Waals surface area contributed by atoms with Gasteiger partial charge in [0, 0.05) is 21.9 Å². The number of benzene rings is 2. The summed E-state index contributed by atoms with van der Waals surface area (Å²) >= 11 is 7.21. The molecular weight excluding hydrogens is 486 g/mol. The van der Waals surface area contributed by atoms with Crippen molar-refractivity contribution in [3.8, 4) is 40.5 Å². The molecule has 0 aliphatic heterocycles. The summed E-state index contributed by atoms with van der Waals surface area (Å²) in [5.74, 6) is 1.41. The van der Waals surface area contributed by atoms with Gasteiger partial charge < -0.3 is 20.0 Å². The molecule has 0 aliphatic carbocycles. The van der Waals surface area contributed by atoms with Gasteiger partial charge in [-0.3, -0.25) is 0 Å². The van der Waals surface area contributed by atoms with E-state index in [1.807, 2.05) is 12.1 Å². The number of halogens is 1. The zero-order valence-corrected chi connectivity index (χ0v) is 19.8. The van der Waals surface area contributed by atoms with Gasteiger partial charge in [0.15, 0.2) is 0 Å². The van der Waals surface area contributed by atoms with Gasteiger partial charge in [-0.05, 0) is 42.0 Å². The van der Waals surface area contributed by atoms with Gasteiger partial charge in [0.25, 0.3) is 0 Å². The second-order valence-electron chi connectivity index (χ2n) is 7.19. The summed E-state index contributed by atoms with van der Waals surface area (Å²) in [6.07, 6.45) is 1.54. The first-order valence-corrected chi connectivity index (χ1v) is 11.7. The molecule has 2 heterocycles. The maximum absolute atomic E-state index is 9.96. The summed E-state index contributed by atoms with van der Waals surface area (Å²) in [7, 11) is 0. The average Bonchev–Trinajstić information content (AvgIpc) is 3.35. The Balaban J connectivity index is 1.63. The van der Waals surface area contributed by atoms with Crippen LogP contribution in [0.2, 0.25) is 5.02 Å². The number of hydrogen-bond donors (Lipinski definition) is 2. The maximum Gasteiger partial charge on any atom is 0.226 e. The van der Waals surface area contributed by atoms with Gasteiger partial charge in [-0.1, -0.05) is 35.5 Å². The van der Waals surface area contributed by atoms with Crippen molar-refractivity contribution < 1.29 is 14.3 Å². The zero-order chi connectivity index (χ0) is 24.8. The fourth-order valence-corrected chi connectivity index (χ4v) is 4.31. The van der Waals surface area contributed by atoms with E-state index in [-0.39, 0.29) is 30.2 Å². The van der Waals surface area contributed by atoms with Gasteiger partial charge in [0.1, 0.15) is 47.2 Å². The Morgan fingerprint density at radius 3 is 2.34 bits per heavy atom. The highest BCUT2D eigenvalue weighted by atomic mass is 35.5. The number of nitriles is 2. The molecule has 0 spiro atoms. The number of ether oxygens (including phenoxy) is 1. The standard InChI is InChI=1S/C25H18ClN5O3S/c26-17-5-1-16(2-6-17)24-30-18(13-34-24)14-35-25-21(12-28)22(20(11-27)23(29)31-25)15-3-7-19(8-4-15)33-10-9-32/h1-8,13,32H,9-10,14H2,(H2,29,31). The van der Waals surface area contributed by atoms with E-state index in [0.717, 1.165) is 5.56 Å². The van der Waals surface area contributed by atoms with E-state index in [9.17, 15) is 10.5 Å². The molecule has 2 aromatic heterocycles. The van der Waals surface area contributed by atoms with Crippen LogP contribution in [0, 0.1) is 22.7 Å². The summed E-state index contributed by atoms with van der Waals surface area (Å²) in [5, 5.41) is 29.6. The number of hydrogen-bond acceptors (Lipinski definition) is 9. The van der Waals surface area contributed by atoms with Gasteiger partial charge in [-0.25, -0.2) is 9.97 Å². The van der Waals surface area contributed by atoms with Crippen LogP contribution >= 0.6 is 23.4 Å². The molecule has 0 atom stereocenters. The number of nitrogen functional groups attached to an aromatic ring is 1. The molecule has 0 aliphatic rings. The van der Waals surface area contributed by atoms with E-state index >= 15 is 0 Å². The largest absolute Gasteiger partial charge is 0.491 e. The number of oxazole rings is 1. The molecule has 0 saturated heterocycles. The zero-order valence-electron chi connectivity index (χ0n) is 18.2. The lowest BCUT2D eigenvalue weighted by Gasteiger charge is -2.13. The molecule has 4 rings (SSSR count). The fraction of sp³-hybridized carbons (Fsp3) is 0.120. The Labute approximate surface area is 210 Å². The first kappa shape index (κ1) is 24.1. The second-order valence-corrected chi connectivity index (χ2v) is 8.59. The lowest BCUT2D eigenvalue weighted by Crippen LogP contribution is -2.04. The fourth-order valence-electron chi connectivity index (χ4n) is 3.31. The molecule has 2 aromatic carbocycles. The molecule has 0 saturated carbocycles. The molecule has 10 heteroatoms. The van der Waals surface area contributed by atoms with Gasteiger partial charge in [-0.2, -0.15) is 10.5 Å². The van der Waals surface area contributed by atoms with E-state index in [1.54, 1.807) is 42.7 Å². The van der Waals surface area contributed by atoms with Crippen LogP contribution < -0.4 is 10.5 Å². The summed E-state index contributed by atoms with van der Waals surface area (Å²) in [6, 6.07) is 18.2. The lowest BCUT2D eigenvalue weighted by atomic mass is 9.97. The van der Waals surface area contributed by atoms with Crippen molar-refractivity contribution in [1.82, 2.24) is 9.97 Å². The predicted molar refractivity (Wildman–Crippen MR) is 133 cm³/mol. The summed E-state index contributed by atoms with van der Waals surface area (Å²) in [4.78, 5) is 8.81. The molecule has 0 fully saturated rings. The maximum atomic E-state index is 9.96. The van der Waals surface area contributed by atoms with E-state index in [1.165, 1.54) is 11.8 Å². The van der Waals surface area contributed by atoms with Gasteiger partial charge in [-0.15, -0.1) is 0 Å². The van der Waals surface area contributed by atoms with Gasteiger partial charge in [0.05, 0.1) is 17.9 Å². The SMILES string of the molecule is N#Cc1c(N)nc(SCc2coc(-c3ccc(Cl)cc3)n2)c(C#N)c1-c1ccc(OCCO)cc1. The van der Waals surface area contributed by atoms with E-state index in [2.05, 4.69) is 22.1 Å². The highest BCUT2D eigenvalue weighted by molar-refractivity contribution is 7.98. The smallest absolute Gasteiger partial charge is 0.226 e. The van der Waals surface area contributed by atoms with Crippen LogP contribution in [0.5, 0.6) is 5.75 Å². The minimum absolute atomic E-state index is 0.0339. The van der Waals surface area contributed by atoms with Crippen molar-refractivity contribution in [3.05, 3.63) is 76.6 Å². The normalized spacial score (nSPS) is 10.5.